The summed E-state index contributed by atoms with van der Waals surface area (Å²) in [5.74, 6) is 2.86. The number of hydrogen-bond donors (Lipinski definition) is 2. The highest BCUT2D eigenvalue weighted by Crippen LogP contribution is 2.22. The third-order valence-electron chi connectivity index (χ3n) is 3.32. The summed E-state index contributed by atoms with van der Waals surface area (Å²) in [7, 11) is 1.64. The summed E-state index contributed by atoms with van der Waals surface area (Å²) in [6.45, 7) is 4.59. The molecule has 138 valence electrons. The van der Waals surface area contributed by atoms with Crippen LogP contribution in [0.1, 0.15) is 25.3 Å². The number of methoxy groups -OCH3 is 1. The fourth-order valence-electron chi connectivity index (χ4n) is 2.06. The molecule has 2 N–H and O–H groups in total. The lowest BCUT2D eigenvalue weighted by Gasteiger charge is -2.12. The van der Waals surface area contributed by atoms with Crippen molar-refractivity contribution < 1.29 is 4.74 Å². The standard InChI is InChI=1S/C17H28ClN3OS.HI/c1-4-19-17(20-10-5-6-12-23-3)21-11-9-14-7-8-15(22-2)13-16(14)18;/h7-8,13H,4-6,9-12H2,1-3H3,(H2,19,20,21);1H. The molecule has 1 aromatic rings. The average molecular weight is 486 g/mol. The maximum Gasteiger partial charge on any atom is 0.191 e. The number of unbranched alkanes of at least 4 members (excludes halogenated alkanes) is 1. The summed E-state index contributed by atoms with van der Waals surface area (Å²) in [5, 5.41) is 7.37. The van der Waals surface area contributed by atoms with Crippen molar-refractivity contribution in [3.05, 3.63) is 28.8 Å². The number of thioether (sulfide) groups is 1. The summed E-state index contributed by atoms with van der Waals surface area (Å²) in [6, 6.07) is 5.80. The largest absolute Gasteiger partial charge is 0.497 e. The Hall–Kier alpha value is -0.340. The first-order chi connectivity index (χ1) is 11.2. The van der Waals surface area contributed by atoms with E-state index < -0.39 is 0 Å². The molecule has 0 unspecified atom stereocenters. The molecule has 1 rings (SSSR count). The third-order valence-corrected chi connectivity index (χ3v) is 4.37. The molecule has 7 heteroatoms. The summed E-state index contributed by atoms with van der Waals surface area (Å²) in [5.41, 5.74) is 1.11. The molecule has 0 radical (unpaired) electrons. The fraction of sp³-hybridized carbons (Fsp3) is 0.588. The minimum Gasteiger partial charge on any atom is -0.497 e. The normalized spacial score (nSPS) is 10.9. The van der Waals surface area contributed by atoms with Crippen molar-refractivity contribution in [2.75, 3.05) is 38.8 Å². The van der Waals surface area contributed by atoms with Crippen LogP contribution in [0.5, 0.6) is 5.75 Å². The quantitative estimate of drug-likeness (QED) is 0.226. The predicted molar refractivity (Wildman–Crippen MR) is 119 cm³/mol. The minimum absolute atomic E-state index is 0. The molecule has 0 atom stereocenters. The highest BCUT2D eigenvalue weighted by Gasteiger charge is 2.03. The molecule has 4 nitrogen and oxygen atoms in total. The van der Waals surface area contributed by atoms with Gasteiger partial charge in [-0.15, -0.1) is 24.0 Å². The highest BCUT2D eigenvalue weighted by atomic mass is 127. The molecule has 0 heterocycles. The molecule has 0 spiro atoms. The first-order valence-corrected chi connectivity index (χ1v) is 9.82. The summed E-state index contributed by atoms with van der Waals surface area (Å²) < 4.78 is 5.17. The van der Waals surface area contributed by atoms with Gasteiger partial charge in [0.15, 0.2) is 5.96 Å². The van der Waals surface area contributed by atoms with Crippen LogP contribution in [0.25, 0.3) is 0 Å². The summed E-state index contributed by atoms with van der Waals surface area (Å²) in [6.07, 6.45) is 5.33. The minimum atomic E-state index is 0. The van der Waals surface area contributed by atoms with Gasteiger partial charge in [-0.25, -0.2) is 0 Å². The zero-order valence-corrected chi connectivity index (χ0v) is 18.6. The Kier molecular flexibility index (Phi) is 14.7. The molecule has 0 saturated carbocycles. The van der Waals surface area contributed by atoms with Gasteiger partial charge in [-0.3, -0.25) is 4.99 Å². The van der Waals surface area contributed by atoms with E-state index in [2.05, 4.69) is 28.8 Å². The van der Waals surface area contributed by atoms with E-state index in [1.807, 2.05) is 30.0 Å². The Morgan fingerprint density at radius 2 is 2.08 bits per heavy atom. The van der Waals surface area contributed by atoms with Gasteiger partial charge in [-0.2, -0.15) is 11.8 Å². The first kappa shape index (κ1) is 23.7. The molecule has 0 aliphatic rings. The van der Waals surface area contributed by atoms with Crippen LogP contribution < -0.4 is 15.4 Å². The van der Waals surface area contributed by atoms with E-state index in [-0.39, 0.29) is 24.0 Å². The van der Waals surface area contributed by atoms with Crippen molar-refractivity contribution in [2.45, 2.75) is 26.2 Å². The van der Waals surface area contributed by atoms with Crippen LogP contribution in [0.3, 0.4) is 0 Å². The highest BCUT2D eigenvalue weighted by molar-refractivity contribution is 14.0. The molecule has 24 heavy (non-hydrogen) atoms. The van der Waals surface area contributed by atoms with Gasteiger partial charge in [-0.05, 0) is 55.9 Å². The van der Waals surface area contributed by atoms with Gasteiger partial charge in [0.2, 0.25) is 0 Å². The number of hydrogen-bond acceptors (Lipinski definition) is 3. The lowest BCUT2D eigenvalue weighted by Crippen LogP contribution is -2.38. The molecule has 0 bridgehead atoms. The van der Waals surface area contributed by atoms with Gasteiger partial charge in [0, 0.05) is 24.7 Å². The van der Waals surface area contributed by atoms with Crippen LogP contribution >= 0.6 is 47.3 Å². The molecule has 1 aromatic carbocycles. The zero-order valence-electron chi connectivity index (χ0n) is 14.7. The maximum absolute atomic E-state index is 6.26. The van der Waals surface area contributed by atoms with Gasteiger partial charge in [-0.1, -0.05) is 17.7 Å². The molecular weight excluding hydrogens is 457 g/mol. The molecule has 0 aromatic heterocycles. The van der Waals surface area contributed by atoms with Crippen LogP contribution in [0, 0.1) is 0 Å². The van der Waals surface area contributed by atoms with Gasteiger partial charge in [0.05, 0.1) is 7.11 Å². The Labute approximate surface area is 172 Å². The Morgan fingerprint density at radius 1 is 1.29 bits per heavy atom. The lowest BCUT2D eigenvalue weighted by atomic mass is 10.1. The Balaban J connectivity index is 0.00000529. The van der Waals surface area contributed by atoms with Crippen molar-refractivity contribution in [1.82, 2.24) is 10.6 Å². The summed E-state index contributed by atoms with van der Waals surface area (Å²) in [4.78, 5) is 4.60. The summed E-state index contributed by atoms with van der Waals surface area (Å²) >= 11 is 8.15. The van der Waals surface area contributed by atoms with E-state index in [0.29, 0.717) is 0 Å². The number of rotatable bonds is 10. The molecule has 0 aliphatic heterocycles. The monoisotopic (exact) mass is 485 g/mol. The van der Waals surface area contributed by atoms with Crippen molar-refractivity contribution in [3.8, 4) is 5.75 Å². The number of ether oxygens (including phenoxy) is 1. The molecule has 0 aliphatic carbocycles. The number of guanidine groups is 1. The van der Waals surface area contributed by atoms with Crippen LogP contribution in [-0.2, 0) is 6.42 Å². The van der Waals surface area contributed by atoms with Crippen molar-refractivity contribution in [1.29, 1.82) is 0 Å². The van der Waals surface area contributed by atoms with Crippen LogP contribution in [0.2, 0.25) is 5.02 Å². The van der Waals surface area contributed by atoms with E-state index >= 15 is 0 Å². The molecule has 0 amide bonds. The zero-order chi connectivity index (χ0) is 16.9. The maximum atomic E-state index is 6.26. The van der Waals surface area contributed by atoms with Gasteiger partial charge >= 0.3 is 0 Å². The fourth-order valence-corrected chi connectivity index (χ4v) is 2.82. The SMILES string of the molecule is CCNC(=NCCCCSC)NCCc1ccc(OC)cc1Cl.I. The molecule has 0 saturated heterocycles. The third kappa shape index (κ3) is 9.84. The van der Waals surface area contributed by atoms with E-state index in [9.17, 15) is 0 Å². The number of nitrogens with one attached hydrogen (secondary N) is 2. The lowest BCUT2D eigenvalue weighted by molar-refractivity contribution is 0.414. The van der Waals surface area contributed by atoms with Crippen LogP contribution in [0.15, 0.2) is 23.2 Å². The van der Waals surface area contributed by atoms with E-state index in [1.54, 1.807) is 7.11 Å². The number of nitrogens with zero attached hydrogens (tertiary/aromatic N) is 1. The second kappa shape index (κ2) is 15.0. The Morgan fingerprint density at radius 3 is 2.71 bits per heavy atom. The van der Waals surface area contributed by atoms with E-state index in [4.69, 9.17) is 16.3 Å². The van der Waals surface area contributed by atoms with Crippen LogP contribution in [-0.4, -0.2) is 44.7 Å². The second-order valence-electron chi connectivity index (χ2n) is 5.09. The van der Waals surface area contributed by atoms with Crippen molar-refractivity contribution in [2.24, 2.45) is 4.99 Å². The average Bonchev–Trinajstić information content (AvgIpc) is 2.56. The molecular formula is C17H29ClIN3OS. The smallest absolute Gasteiger partial charge is 0.191 e. The first-order valence-electron chi connectivity index (χ1n) is 8.04. The topological polar surface area (TPSA) is 45.7 Å². The van der Waals surface area contributed by atoms with Gasteiger partial charge in [0.1, 0.15) is 5.75 Å². The predicted octanol–water partition coefficient (Wildman–Crippen LogP) is 4.21. The van der Waals surface area contributed by atoms with Crippen molar-refractivity contribution >= 4 is 53.3 Å². The van der Waals surface area contributed by atoms with E-state index in [0.717, 1.165) is 54.8 Å². The number of benzene rings is 1. The second-order valence-corrected chi connectivity index (χ2v) is 6.49. The van der Waals surface area contributed by atoms with E-state index in [1.165, 1.54) is 12.2 Å². The van der Waals surface area contributed by atoms with Crippen LogP contribution in [0.4, 0.5) is 0 Å². The number of aliphatic imine (C=N–C) groups is 1. The van der Waals surface area contributed by atoms with Gasteiger partial charge < -0.3 is 15.4 Å². The van der Waals surface area contributed by atoms with Gasteiger partial charge in [0.25, 0.3) is 0 Å². The number of halogens is 2. The Bertz CT molecular complexity index is 489. The molecule has 0 fully saturated rings. The van der Waals surface area contributed by atoms with Crippen molar-refractivity contribution in [3.63, 3.8) is 0 Å².